The van der Waals surface area contributed by atoms with Crippen LogP contribution in [-0.2, 0) is 16.2 Å². The Bertz CT molecular complexity index is 898. The van der Waals surface area contributed by atoms with Crippen molar-refractivity contribution < 1.29 is 23.5 Å². The highest BCUT2D eigenvalue weighted by Gasteiger charge is 2.27. The van der Waals surface area contributed by atoms with Gasteiger partial charge >= 0.3 is 0 Å². The van der Waals surface area contributed by atoms with Crippen LogP contribution >= 0.6 is 0 Å². The van der Waals surface area contributed by atoms with Crippen LogP contribution < -0.4 is 9.47 Å². The number of halogens is 1. The summed E-state index contributed by atoms with van der Waals surface area (Å²) in [7, 11) is 0. The molecule has 0 radical (unpaired) electrons. The highest BCUT2D eigenvalue weighted by atomic mass is 19.1. The van der Waals surface area contributed by atoms with E-state index in [-0.39, 0.29) is 24.6 Å². The first-order chi connectivity index (χ1) is 13.6. The van der Waals surface area contributed by atoms with Crippen molar-refractivity contribution in [3.63, 3.8) is 0 Å². The summed E-state index contributed by atoms with van der Waals surface area (Å²) in [5.41, 5.74) is 2.60. The first kappa shape index (κ1) is 18.3. The summed E-state index contributed by atoms with van der Waals surface area (Å²) in [5, 5.41) is 4.20. The summed E-state index contributed by atoms with van der Waals surface area (Å²) in [4.78, 5) is 19.7. The molecular weight excluding hydrogens is 363 g/mol. The molecule has 0 saturated carbocycles. The molecule has 28 heavy (non-hydrogen) atoms. The number of hydrogen-bond donors (Lipinski definition) is 0. The van der Waals surface area contributed by atoms with Gasteiger partial charge in [-0.05, 0) is 35.9 Å². The lowest BCUT2D eigenvalue weighted by atomic mass is 10.0. The maximum Gasteiger partial charge on any atom is 0.231 e. The van der Waals surface area contributed by atoms with Crippen LogP contribution in [0.1, 0.15) is 30.9 Å². The number of nitrogens with zero attached hydrogens (tertiary/aromatic N) is 2. The van der Waals surface area contributed by atoms with Gasteiger partial charge in [-0.15, -0.1) is 0 Å². The third-order valence-corrected chi connectivity index (χ3v) is 4.80. The molecule has 0 spiro atoms. The first-order valence-electron chi connectivity index (χ1n) is 9.27. The average molecular weight is 384 g/mol. The van der Waals surface area contributed by atoms with Crippen LogP contribution in [0.2, 0.25) is 0 Å². The molecule has 2 aromatic rings. The Morgan fingerprint density at radius 2 is 1.96 bits per heavy atom. The Morgan fingerprint density at radius 3 is 2.75 bits per heavy atom. The number of benzene rings is 2. The molecule has 2 aliphatic heterocycles. The van der Waals surface area contributed by atoms with Crippen LogP contribution in [-0.4, -0.2) is 36.0 Å². The van der Waals surface area contributed by atoms with Crippen molar-refractivity contribution in [3.8, 4) is 11.5 Å². The second-order valence-corrected chi connectivity index (χ2v) is 6.79. The van der Waals surface area contributed by atoms with E-state index in [1.54, 1.807) is 17.0 Å². The van der Waals surface area contributed by atoms with E-state index in [1.807, 2.05) is 25.1 Å². The minimum atomic E-state index is -0.294. The van der Waals surface area contributed by atoms with Gasteiger partial charge in [0.1, 0.15) is 5.82 Å². The molecule has 2 aliphatic rings. The number of amides is 1. The fourth-order valence-electron chi connectivity index (χ4n) is 3.31. The molecule has 1 atom stereocenters. The van der Waals surface area contributed by atoms with Gasteiger partial charge in [0.05, 0.1) is 12.3 Å². The van der Waals surface area contributed by atoms with Crippen molar-refractivity contribution in [2.24, 2.45) is 5.16 Å². The molecule has 0 unspecified atom stereocenters. The lowest BCUT2D eigenvalue weighted by Crippen LogP contribution is -2.36. The summed E-state index contributed by atoms with van der Waals surface area (Å²) in [6.45, 7) is 2.87. The van der Waals surface area contributed by atoms with Crippen molar-refractivity contribution in [1.82, 2.24) is 4.90 Å². The van der Waals surface area contributed by atoms with Gasteiger partial charge in [0, 0.05) is 24.9 Å². The van der Waals surface area contributed by atoms with Crippen molar-refractivity contribution in [3.05, 3.63) is 59.4 Å². The zero-order chi connectivity index (χ0) is 19.5. The third kappa shape index (κ3) is 3.93. The predicted molar refractivity (Wildman–Crippen MR) is 101 cm³/mol. The number of fused-ring (bicyclic) bond motifs is 1. The van der Waals surface area contributed by atoms with Crippen LogP contribution in [0.5, 0.6) is 11.5 Å². The summed E-state index contributed by atoms with van der Waals surface area (Å²) >= 11 is 0. The van der Waals surface area contributed by atoms with E-state index >= 15 is 0 Å². The van der Waals surface area contributed by atoms with Gasteiger partial charge in [-0.3, -0.25) is 4.79 Å². The highest BCUT2D eigenvalue weighted by Crippen LogP contribution is 2.33. The molecule has 2 heterocycles. The van der Waals surface area contributed by atoms with Crippen molar-refractivity contribution in [2.45, 2.75) is 32.4 Å². The lowest BCUT2D eigenvalue weighted by Gasteiger charge is -2.24. The van der Waals surface area contributed by atoms with Gasteiger partial charge in [-0.1, -0.05) is 24.2 Å². The first-order valence-corrected chi connectivity index (χ1v) is 9.27. The van der Waals surface area contributed by atoms with Crippen LogP contribution in [0.4, 0.5) is 4.39 Å². The fourth-order valence-corrected chi connectivity index (χ4v) is 3.31. The second-order valence-electron chi connectivity index (χ2n) is 6.79. The van der Waals surface area contributed by atoms with E-state index in [0.717, 1.165) is 22.6 Å². The van der Waals surface area contributed by atoms with E-state index in [9.17, 15) is 9.18 Å². The topological polar surface area (TPSA) is 60.4 Å². The molecule has 0 N–H and O–H groups in total. The van der Waals surface area contributed by atoms with Crippen LogP contribution in [0.25, 0.3) is 0 Å². The van der Waals surface area contributed by atoms with Gasteiger partial charge in [0.15, 0.2) is 17.6 Å². The van der Waals surface area contributed by atoms with E-state index < -0.39 is 0 Å². The monoisotopic (exact) mass is 384 g/mol. The Morgan fingerprint density at radius 1 is 1.18 bits per heavy atom. The summed E-state index contributed by atoms with van der Waals surface area (Å²) in [5.74, 6) is 1.14. The third-order valence-electron chi connectivity index (χ3n) is 4.80. The minimum Gasteiger partial charge on any atom is -0.454 e. The summed E-state index contributed by atoms with van der Waals surface area (Å²) in [6.07, 6.45) is 0.761. The number of rotatable bonds is 6. The number of hydrogen-bond acceptors (Lipinski definition) is 5. The lowest BCUT2D eigenvalue weighted by molar-refractivity contribution is -0.133. The molecule has 2 aromatic carbocycles. The molecule has 146 valence electrons. The Balaban J connectivity index is 1.41. The fraction of sp³-hybridized carbons (Fsp3) is 0.333. The number of carbonyl (C=O) groups is 1. The highest BCUT2D eigenvalue weighted by molar-refractivity contribution is 6.01. The van der Waals surface area contributed by atoms with Gasteiger partial charge < -0.3 is 19.2 Å². The van der Waals surface area contributed by atoms with Crippen molar-refractivity contribution >= 4 is 11.6 Å². The largest absolute Gasteiger partial charge is 0.454 e. The normalized spacial score (nSPS) is 17.2. The van der Waals surface area contributed by atoms with E-state index in [0.29, 0.717) is 31.7 Å². The molecule has 7 heteroatoms. The van der Waals surface area contributed by atoms with Crippen LogP contribution in [0.15, 0.2) is 47.6 Å². The zero-order valence-electron chi connectivity index (χ0n) is 15.6. The van der Waals surface area contributed by atoms with Crippen LogP contribution in [0.3, 0.4) is 0 Å². The van der Waals surface area contributed by atoms with E-state index in [4.69, 9.17) is 14.3 Å². The molecule has 0 aliphatic carbocycles. The molecular formula is C21H21FN2O4. The Kier molecular flexibility index (Phi) is 5.14. The van der Waals surface area contributed by atoms with Gasteiger partial charge in [-0.2, -0.15) is 0 Å². The number of carbonyl (C=O) groups excluding carboxylic acids is 1. The molecule has 4 rings (SSSR count). The Hall–Kier alpha value is -3.09. The molecule has 6 nitrogen and oxygen atoms in total. The molecule has 0 fully saturated rings. The van der Waals surface area contributed by atoms with E-state index in [2.05, 4.69) is 5.16 Å². The van der Waals surface area contributed by atoms with Crippen molar-refractivity contribution in [2.75, 3.05) is 13.3 Å². The summed E-state index contributed by atoms with van der Waals surface area (Å²) < 4.78 is 23.9. The number of oxime groups is 1. The van der Waals surface area contributed by atoms with Gasteiger partial charge in [-0.25, -0.2) is 4.39 Å². The number of ether oxygens (including phenoxy) is 2. The molecule has 0 saturated heterocycles. The SMILES string of the molecule is CCC(=O)N(Cc1ccc(F)cc1)C[C@@H]1CC(c2ccc3c(c2)OCO3)=NO1. The zero-order valence-corrected chi connectivity index (χ0v) is 15.6. The van der Waals surface area contributed by atoms with Gasteiger partial charge in [0.2, 0.25) is 12.7 Å². The minimum absolute atomic E-state index is 0.0180. The quantitative estimate of drug-likeness (QED) is 0.765. The second kappa shape index (κ2) is 7.88. The summed E-state index contributed by atoms with van der Waals surface area (Å²) in [6, 6.07) is 11.8. The Labute approximate surface area is 162 Å². The maximum absolute atomic E-state index is 13.1. The molecule has 0 bridgehead atoms. The smallest absolute Gasteiger partial charge is 0.231 e. The van der Waals surface area contributed by atoms with Gasteiger partial charge in [0.25, 0.3) is 0 Å². The standard InChI is InChI=1S/C21H21FN2O4/c1-2-21(25)24(11-14-3-6-16(22)7-4-14)12-17-10-18(23-28-17)15-5-8-19-20(9-15)27-13-26-19/h3-9,17H,2,10-13H2,1H3/t17-/m0/s1. The predicted octanol–water partition coefficient (Wildman–Crippen LogP) is 3.49. The van der Waals surface area contributed by atoms with Crippen molar-refractivity contribution in [1.29, 1.82) is 0 Å². The van der Waals surface area contributed by atoms with Crippen LogP contribution in [0, 0.1) is 5.82 Å². The average Bonchev–Trinajstić information content (AvgIpc) is 3.37. The van der Waals surface area contributed by atoms with E-state index in [1.165, 1.54) is 12.1 Å². The molecule has 0 aromatic heterocycles. The maximum atomic E-state index is 13.1. The molecule has 1 amide bonds.